The van der Waals surface area contributed by atoms with Gasteiger partial charge in [-0.3, -0.25) is 0 Å². The maximum Gasteiger partial charge on any atom is 0.337 e. The lowest BCUT2D eigenvalue weighted by atomic mass is 10.1. The van der Waals surface area contributed by atoms with E-state index in [-0.39, 0.29) is 0 Å². The fourth-order valence-electron chi connectivity index (χ4n) is 1.38. The van der Waals surface area contributed by atoms with Gasteiger partial charge in [-0.15, -0.1) is 0 Å². The van der Waals surface area contributed by atoms with E-state index in [9.17, 15) is 4.79 Å². The Morgan fingerprint density at radius 1 is 1.07 bits per heavy atom. The minimum absolute atomic E-state index is 0.309. The normalized spacial score (nSPS) is 18.4. The number of hydrogen-bond acceptors (Lipinski definition) is 2. The summed E-state index contributed by atoms with van der Waals surface area (Å²) in [5, 5.41) is 8.95. The molecule has 0 aliphatic carbocycles. The summed E-state index contributed by atoms with van der Waals surface area (Å²) in [6.45, 7) is 0. The van der Waals surface area contributed by atoms with Gasteiger partial charge in [0.05, 0.1) is 11.3 Å². The molecule has 2 heterocycles. The number of nitrogens with zero attached hydrogens (tertiary/aromatic N) is 1. The molecule has 2 rings (SSSR count). The van der Waals surface area contributed by atoms with Crippen molar-refractivity contribution in [3.63, 3.8) is 0 Å². The summed E-state index contributed by atoms with van der Waals surface area (Å²) in [6, 6.07) is 0. The molecule has 14 heavy (non-hydrogen) atoms. The fraction of sp³-hybridized carbons (Fsp3) is 0. The van der Waals surface area contributed by atoms with Gasteiger partial charge in [-0.1, -0.05) is 12.2 Å². The van der Waals surface area contributed by atoms with Crippen LogP contribution in [0.5, 0.6) is 0 Å². The molecule has 0 amide bonds. The van der Waals surface area contributed by atoms with E-state index in [1.54, 1.807) is 23.1 Å². The molecule has 0 bridgehead atoms. The summed E-state index contributed by atoms with van der Waals surface area (Å²) < 4.78 is 0. The summed E-state index contributed by atoms with van der Waals surface area (Å²) in [5.41, 5.74) is 0.994. The van der Waals surface area contributed by atoms with E-state index >= 15 is 0 Å². The maximum atomic E-state index is 10.9. The quantitative estimate of drug-likeness (QED) is 0.680. The van der Waals surface area contributed by atoms with Crippen molar-refractivity contribution >= 4 is 5.97 Å². The van der Waals surface area contributed by atoms with E-state index in [0.29, 0.717) is 11.3 Å². The molecule has 0 aromatic carbocycles. The zero-order chi connectivity index (χ0) is 9.97. The van der Waals surface area contributed by atoms with Crippen LogP contribution in [0.25, 0.3) is 0 Å². The van der Waals surface area contributed by atoms with Crippen molar-refractivity contribution in [1.82, 2.24) is 4.90 Å². The Kier molecular flexibility index (Phi) is 2.07. The molecule has 2 aliphatic heterocycles. The average Bonchev–Trinajstić information content (AvgIpc) is 2.41. The van der Waals surface area contributed by atoms with Gasteiger partial charge in [0, 0.05) is 12.4 Å². The van der Waals surface area contributed by atoms with Gasteiger partial charge in [0.25, 0.3) is 0 Å². The Morgan fingerprint density at radius 2 is 1.86 bits per heavy atom. The fourth-order valence-corrected chi connectivity index (χ4v) is 1.38. The van der Waals surface area contributed by atoms with Gasteiger partial charge < -0.3 is 10.0 Å². The molecule has 2 aliphatic rings. The number of carboxylic acids is 1. The molecule has 1 N–H and O–H groups in total. The molecule has 0 saturated heterocycles. The van der Waals surface area contributed by atoms with Crippen molar-refractivity contribution in [3.05, 3.63) is 60.1 Å². The van der Waals surface area contributed by atoms with Gasteiger partial charge in [0.2, 0.25) is 0 Å². The Hall–Kier alpha value is -2.03. The van der Waals surface area contributed by atoms with Crippen molar-refractivity contribution in [2.75, 3.05) is 0 Å². The standard InChI is InChI=1S/C11H9NO2/c13-11(14)9-5-4-8-12-7-3-1-2-6-10(9)12/h1-8H,(H,13,14). The molecule has 0 saturated carbocycles. The van der Waals surface area contributed by atoms with Gasteiger partial charge in [0.1, 0.15) is 0 Å². The van der Waals surface area contributed by atoms with Crippen molar-refractivity contribution in [2.45, 2.75) is 0 Å². The summed E-state index contributed by atoms with van der Waals surface area (Å²) in [5.74, 6) is -0.908. The first-order valence-corrected chi connectivity index (χ1v) is 4.25. The van der Waals surface area contributed by atoms with Crippen LogP contribution in [0.4, 0.5) is 0 Å². The molecule has 0 spiro atoms. The molecule has 0 aromatic heterocycles. The first kappa shape index (κ1) is 8.56. The number of carbonyl (C=O) groups is 1. The van der Waals surface area contributed by atoms with Crippen LogP contribution in [0.3, 0.4) is 0 Å². The third-order valence-corrected chi connectivity index (χ3v) is 2.02. The second-order valence-corrected chi connectivity index (χ2v) is 2.91. The number of aliphatic carboxylic acids is 1. The molecule has 0 unspecified atom stereocenters. The van der Waals surface area contributed by atoms with Crippen LogP contribution in [0.15, 0.2) is 60.1 Å². The lowest BCUT2D eigenvalue weighted by Gasteiger charge is -2.21. The van der Waals surface area contributed by atoms with E-state index in [1.807, 2.05) is 30.6 Å². The van der Waals surface area contributed by atoms with Gasteiger partial charge in [-0.25, -0.2) is 4.79 Å². The van der Waals surface area contributed by atoms with Gasteiger partial charge in [0.15, 0.2) is 0 Å². The molecule has 3 nitrogen and oxygen atoms in total. The highest BCUT2D eigenvalue weighted by Gasteiger charge is 2.18. The van der Waals surface area contributed by atoms with Crippen LogP contribution in [0.2, 0.25) is 0 Å². The lowest BCUT2D eigenvalue weighted by molar-refractivity contribution is -0.132. The first-order chi connectivity index (χ1) is 6.79. The summed E-state index contributed by atoms with van der Waals surface area (Å²) in [7, 11) is 0. The molecule has 0 fully saturated rings. The molecule has 0 atom stereocenters. The number of hydrogen-bond donors (Lipinski definition) is 1. The minimum Gasteiger partial charge on any atom is -0.478 e. The summed E-state index contributed by atoms with van der Waals surface area (Å²) in [6.07, 6.45) is 14.3. The van der Waals surface area contributed by atoms with Gasteiger partial charge >= 0.3 is 5.97 Å². The second-order valence-electron chi connectivity index (χ2n) is 2.91. The number of carboxylic acid groups (broad SMARTS) is 1. The zero-order valence-corrected chi connectivity index (χ0v) is 7.42. The summed E-state index contributed by atoms with van der Waals surface area (Å²) in [4.78, 5) is 12.7. The average molecular weight is 187 g/mol. The maximum absolute atomic E-state index is 10.9. The highest BCUT2D eigenvalue weighted by Crippen LogP contribution is 2.22. The molecule has 3 heteroatoms. The van der Waals surface area contributed by atoms with E-state index in [1.165, 1.54) is 0 Å². The van der Waals surface area contributed by atoms with E-state index in [0.717, 1.165) is 0 Å². The Bertz CT molecular complexity index is 411. The SMILES string of the molecule is O=C(O)C1=CC=CN2C=CC=CC=C12. The van der Waals surface area contributed by atoms with Crippen molar-refractivity contribution < 1.29 is 9.90 Å². The van der Waals surface area contributed by atoms with Crippen LogP contribution in [0.1, 0.15) is 0 Å². The minimum atomic E-state index is -0.908. The van der Waals surface area contributed by atoms with Gasteiger partial charge in [-0.2, -0.15) is 0 Å². The van der Waals surface area contributed by atoms with Gasteiger partial charge in [-0.05, 0) is 24.3 Å². The Morgan fingerprint density at radius 3 is 2.64 bits per heavy atom. The van der Waals surface area contributed by atoms with Crippen molar-refractivity contribution in [2.24, 2.45) is 0 Å². The number of allylic oxidation sites excluding steroid dienone is 6. The topological polar surface area (TPSA) is 40.5 Å². The molecule has 70 valence electrons. The van der Waals surface area contributed by atoms with Crippen LogP contribution in [0, 0.1) is 0 Å². The van der Waals surface area contributed by atoms with Crippen molar-refractivity contribution in [1.29, 1.82) is 0 Å². The third-order valence-electron chi connectivity index (χ3n) is 2.02. The largest absolute Gasteiger partial charge is 0.478 e. The predicted molar refractivity (Wildman–Crippen MR) is 53.1 cm³/mol. The van der Waals surface area contributed by atoms with E-state index < -0.39 is 5.97 Å². The van der Waals surface area contributed by atoms with Crippen LogP contribution < -0.4 is 0 Å². The number of fused-ring (bicyclic) bond motifs is 1. The summed E-state index contributed by atoms with van der Waals surface area (Å²) >= 11 is 0. The van der Waals surface area contributed by atoms with E-state index in [2.05, 4.69) is 0 Å². The third kappa shape index (κ3) is 1.40. The smallest absolute Gasteiger partial charge is 0.337 e. The zero-order valence-electron chi connectivity index (χ0n) is 7.42. The lowest BCUT2D eigenvalue weighted by Crippen LogP contribution is -2.18. The number of rotatable bonds is 1. The van der Waals surface area contributed by atoms with Crippen LogP contribution >= 0.6 is 0 Å². The second kappa shape index (κ2) is 3.38. The highest BCUT2D eigenvalue weighted by molar-refractivity contribution is 5.92. The van der Waals surface area contributed by atoms with Crippen LogP contribution in [-0.4, -0.2) is 16.0 Å². The predicted octanol–water partition coefficient (Wildman–Crippen LogP) is 1.79. The van der Waals surface area contributed by atoms with Crippen LogP contribution in [-0.2, 0) is 4.79 Å². The van der Waals surface area contributed by atoms with Crippen molar-refractivity contribution in [3.8, 4) is 0 Å². The molecule has 0 radical (unpaired) electrons. The highest BCUT2D eigenvalue weighted by atomic mass is 16.4. The molecular weight excluding hydrogens is 178 g/mol. The molecule has 0 aromatic rings. The monoisotopic (exact) mass is 187 g/mol. The Labute approximate surface area is 81.6 Å². The van der Waals surface area contributed by atoms with E-state index in [4.69, 9.17) is 5.11 Å². The molecular formula is C11H9NO2. The first-order valence-electron chi connectivity index (χ1n) is 4.25. The Balaban J connectivity index is 2.46.